The van der Waals surface area contributed by atoms with Crippen LogP contribution in [0.3, 0.4) is 0 Å². The Kier molecular flexibility index (Phi) is 3.97. The molecule has 0 saturated heterocycles. The van der Waals surface area contributed by atoms with E-state index in [1.807, 2.05) is 43.3 Å². The summed E-state index contributed by atoms with van der Waals surface area (Å²) < 4.78 is 5.11. The van der Waals surface area contributed by atoms with Gasteiger partial charge in [-0.15, -0.1) is 0 Å². The number of benzene rings is 1. The summed E-state index contributed by atoms with van der Waals surface area (Å²) in [6, 6.07) is 7.63. The van der Waals surface area contributed by atoms with E-state index in [0.29, 0.717) is 11.6 Å². The van der Waals surface area contributed by atoms with E-state index in [1.54, 1.807) is 0 Å². The van der Waals surface area contributed by atoms with Crippen molar-refractivity contribution in [3.8, 4) is 5.88 Å². The summed E-state index contributed by atoms with van der Waals surface area (Å²) >= 11 is 0. The van der Waals surface area contributed by atoms with E-state index in [9.17, 15) is 5.11 Å². The van der Waals surface area contributed by atoms with Crippen molar-refractivity contribution in [1.82, 2.24) is 9.97 Å². The summed E-state index contributed by atoms with van der Waals surface area (Å²) in [6.45, 7) is 0. The fourth-order valence-corrected chi connectivity index (χ4v) is 1.79. The summed E-state index contributed by atoms with van der Waals surface area (Å²) in [4.78, 5) is 10.2. The van der Waals surface area contributed by atoms with Crippen molar-refractivity contribution >= 4 is 5.69 Å². The third-order valence-electron chi connectivity index (χ3n) is 2.87. The summed E-state index contributed by atoms with van der Waals surface area (Å²) in [5.41, 5.74) is 2.24. The van der Waals surface area contributed by atoms with Crippen molar-refractivity contribution in [1.29, 1.82) is 0 Å². The molecule has 19 heavy (non-hydrogen) atoms. The van der Waals surface area contributed by atoms with Crippen LogP contribution in [-0.4, -0.2) is 36.3 Å². The highest BCUT2D eigenvalue weighted by molar-refractivity contribution is 5.47. The second kappa shape index (κ2) is 5.67. The first-order valence-electron chi connectivity index (χ1n) is 5.93. The summed E-state index contributed by atoms with van der Waals surface area (Å²) in [7, 11) is 5.45. The Hall–Kier alpha value is -2.14. The molecule has 0 fully saturated rings. The Labute approximate surface area is 112 Å². The Morgan fingerprint density at radius 1 is 1.11 bits per heavy atom. The number of rotatable bonds is 4. The molecular weight excluding hydrogens is 242 g/mol. The molecule has 2 rings (SSSR count). The molecule has 100 valence electrons. The van der Waals surface area contributed by atoms with Gasteiger partial charge in [-0.05, 0) is 17.7 Å². The van der Waals surface area contributed by atoms with E-state index in [-0.39, 0.29) is 0 Å². The minimum absolute atomic E-state index is 0.340. The first-order valence-corrected chi connectivity index (χ1v) is 5.93. The molecule has 1 N–H and O–H groups in total. The average molecular weight is 259 g/mol. The zero-order valence-corrected chi connectivity index (χ0v) is 11.2. The fraction of sp³-hybridized carbons (Fsp3) is 0.286. The van der Waals surface area contributed by atoms with Gasteiger partial charge < -0.3 is 14.7 Å². The van der Waals surface area contributed by atoms with Crippen LogP contribution in [0.25, 0.3) is 0 Å². The number of aliphatic hydroxyl groups is 1. The van der Waals surface area contributed by atoms with Gasteiger partial charge in [-0.1, -0.05) is 12.1 Å². The molecule has 1 aromatic carbocycles. The smallest absolute Gasteiger partial charge is 0.238 e. The largest absolute Gasteiger partial charge is 0.480 e. The monoisotopic (exact) mass is 259 g/mol. The van der Waals surface area contributed by atoms with E-state index in [4.69, 9.17) is 4.74 Å². The molecule has 0 aliphatic rings. The molecule has 0 aliphatic carbocycles. The molecule has 0 spiro atoms. The molecule has 5 heteroatoms. The highest BCUT2D eigenvalue weighted by atomic mass is 16.5. The van der Waals surface area contributed by atoms with Gasteiger partial charge in [-0.25, -0.2) is 4.98 Å². The molecule has 0 bridgehead atoms. The van der Waals surface area contributed by atoms with Crippen LogP contribution in [-0.2, 0) is 0 Å². The van der Waals surface area contributed by atoms with Crippen LogP contribution < -0.4 is 9.64 Å². The number of hydrogen-bond acceptors (Lipinski definition) is 5. The Morgan fingerprint density at radius 3 is 2.32 bits per heavy atom. The van der Waals surface area contributed by atoms with Gasteiger partial charge in [-0.3, -0.25) is 4.98 Å². The lowest BCUT2D eigenvalue weighted by atomic mass is 10.1. The van der Waals surface area contributed by atoms with Crippen LogP contribution in [0, 0.1) is 0 Å². The number of aliphatic hydroxyl groups excluding tert-OH is 1. The van der Waals surface area contributed by atoms with Crippen molar-refractivity contribution in [2.75, 3.05) is 26.1 Å². The maximum absolute atomic E-state index is 10.3. The van der Waals surface area contributed by atoms with Crippen LogP contribution in [0.15, 0.2) is 36.7 Å². The van der Waals surface area contributed by atoms with Gasteiger partial charge in [0.25, 0.3) is 0 Å². The molecule has 0 saturated carbocycles. The van der Waals surface area contributed by atoms with E-state index >= 15 is 0 Å². The Balaban J connectivity index is 2.30. The maximum Gasteiger partial charge on any atom is 0.238 e. The van der Waals surface area contributed by atoms with Gasteiger partial charge in [0.05, 0.1) is 7.11 Å². The number of hydrogen-bond donors (Lipinski definition) is 1. The lowest BCUT2D eigenvalue weighted by molar-refractivity contribution is 0.207. The van der Waals surface area contributed by atoms with Crippen LogP contribution in [0.1, 0.15) is 17.4 Å². The second-order valence-electron chi connectivity index (χ2n) is 4.34. The number of aromatic nitrogens is 2. The second-order valence-corrected chi connectivity index (χ2v) is 4.34. The predicted molar refractivity (Wildman–Crippen MR) is 73.4 cm³/mol. The molecule has 1 heterocycles. The molecule has 0 aliphatic heterocycles. The Morgan fingerprint density at radius 2 is 1.74 bits per heavy atom. The van der Waals surface area contributed by atoms with Crippen molar-refractivity contribution < 1.29 is 9.84 Å². The molecule has 0 amide bonds. The Bertz CT molecular complexity index is 541. The van der Waals surface area contributed by atoms with Gasteiger partial charge in [0.15, 0.2) is 0 Å². The van der Waals surface area contributed by atoms with Gasteiger partial charge >= 0.3 is 0 Å². The first kappa shape index (κ1) is 13.3. The van der Waals surface area contributed by atoms with Crippen LogP contribution >= 0.6 is 0 Å². The predicted octanol–water partition coefficient (Wildman–Crippen LogP) is 1.63. The maximum atomic E-state index is 10.3. The normalized spacial score (nSPS) is 12.0. The standard InChI is InChI=1S/C14H17N3O2/c1-17(2)11-6-4-10(5-7-11)13(18)12-14(19-3)16-9-8-15-12/h4-9,13,18H,1-3H3. The number of nitrogens with zero attached hydrogens (tertiary/aromatic N) is 3. The highest BCUT2D eigenvalue weighted by Gasteiger charge is 2.17. The van der Waals surface area contributed by atoms with Gasteiger partial charge in [0.2, 0.25) is 5.88 Å². The highest BCUT2D eigenvalue weighted by Crippen LogP contribution is 2.27. The van der Waals surface area contributed by atoms with Crippen LogP contribution in [0.5, 0.6) is 5.88 Å². The minimum atomic E-state index is -0.847. The van der Waals surface area contributed by atoms with Gasteiger partial charge in [-0.2, -0.15) is 0 Å². The molecular formula is C14H17N3O2. The van der Waals surface area contributed by atoms with Crippen molar-refractivity contribution in [2.24, 2.45) is 0 Å². The molecule has 5 nitrogen and oxygen atoms in total. The first-order chi connectivity index (χ1) is 9.13. The van der Waals surface area contributed by atoms with E-state index < -0.39 is 6.10 Å². The van der Waals surface area contributed by atoms with Crippen molar-refractivity contribution in [2.45, 2.75) is 6.10 Å². The third kappa shape index (κ3) is 2.82. The number of anilines is 1. The average Bonchev–Trinajstić information content (AvgIpc) is 2.46. The summed E-state index contributed by atoms with van der Waals surface area (Å²) in [5, 5.41) is 10.3. The summed E-state index contributed by atoms with van der Waals surface area (Å²) in [5.74, 6) is 0.340. The molecule has 2 aromatic rings. The lowest BCUT2D eigenvalue weighted by Gasteiger charge is -2.15. The van der Waals surface area contributed by atoms with Crippen molar-refractivity contribution in [3.05, 3.63) is 47.9 Å². The minimum Gasteiger partial charge on any atom is -0.480 e. The SMILES string of the molecule is COc1nccnc1C(O)c1ccc(N(C)C)cc1. The zero-order chi connectivity index (χ0) is 13.8. The quantitative estimate of drug-likeness (QED) is 0.904. The van der Waals surface area contributed by atoms with Gasteiger partial charge in [0, 0.05) is 32.2 Å². The molecule has 1 unspecified atom stereocenters. The van der Waals surface area contributed by atoms with Crippen LogP contribution in [0.2, 0.25) is 0 Å². The fourth-order valence-electron chi connectivity index (χ4n) is 1.79. The van der Waals surface area contributed by atoms with Gasteiger partial charge in [0.1, 0.15) is 11.8 Å². The molecule has 0 radical (unpaired) electrons. The third-order valence-corrected chi connectivity index (χ3v) is 2.87. The number of methoxy groups -OCH3 is 1. The number of ether oxygens (including phenoxy) is 1. The molecule has 1 atom stereocenters. The van der Waals surface area contributed by atoms with E-state index in [0.717, 1.165) is 11.3 Å². The lowest BCUT2D eigenvalue weighted by Crippen LogP contribution is -2.09. The summed E-state index contributed by atoms with van der Waals surface area (Å²) in [6.07, 6.45) is 2.22. The van der Waals surface area contributed by atoms with E-state index in [1.165, 1.54) is 19.5 Å². The molecule has 1 aromatic heterocycles. The zero-order valence-electron chi connectivity index (χ0n) is 11.2. The van der Waals surface area contributed by atoms with Crippen molar-refractivity contribution in [3.63, 3.8) is 0 Å². The van der Waals surface area contributed by atoms with Crippen LogP contribution in [0.4, 0.5) is 5.69 Å². The topological polar surface area (TPSA) is 58.5 Å². The van der Waals surface area contributed by atoms with E-state index in [2.05, 4.69) is 9.97 Å².